The standard InChI is InChI=1S/C22H25N3O3S/c1-3-23-22(29)24(14-13-16-9-11-18(28-2)12-10-16)19-15-20(26)25(21(19)27)17-7-5-4-6-8-17/h4-12,19H,3,13-15H2,1-2H3,(H,23,29). The molecule has 1 atom stereocenters. The molecule has 1 aliphatic rings. The SMILES string of the molecule is CCNC(=S)N(CCc1ccc(OC)cc1)C1CC(=O)N(c2ccccc2)C1=O. The van der Waals surface area contributed by atoms with E-state index < -0.39 is 6.04 Å². The fourth-order valence-electron chi connectivity index (χ4n) is 3.40. The van der Waals surface area contributed by atoms with E-state index in [1.807, 2.05) is 54.3 Å². The summed E-state index contributed by atoms with van der Waals surface area (Å²) in [6.45, 7) is 3.13. The topological polar surface area (TPSA) is 61.9 Å². The summed E-state index contributed by atoms with van der Waals surface area (Å²) < 4.78 is 5.20. The molecule has 0 bridgehead atoms. The summed E-state index contributed by atoms with van der Waals surface area (Å²) in [5, 5.41) is 3.61. The molecule has 2 aromatic carbocycles. The molecule has 1 fully saturated rings. The number of thiocarbonyl (C=S) groups is 1. The van der Waals surface area contributed by atoms with Gasteiger partial charge in [-0.25, -0.2) is 4.90 Å². The number of rotatable bonds is 7. The van der Waals surface area contributed by atoms with Crippen molar-refractivity contribution in [2.45, 2.75) is 25.8 Å². The molecule has 1 saturated heterocycles. The average Bonchev–Trinajstić information content (AvgIpc) is 3.03. The third-order valence-corrected chi connectivity index (χ3v) is 5.28. The van der Waals surface area contributed by atoms with Crippen LogP contribution in [-0.4, -0.2) is 48.1 Å². The van der Waals surface area contributed by atoms with Crippen molar-refractivity contribution in [2.24, 2.45) is 0 Å². The molecule has 0 aromatic heterocycles. The smallest absolute Gasteiger partial charge is 0.257 e. The number of benzene rings is 2. The van der Waals surface area contributed by atoms with E-state index in [4.69, 9.17) is 17.0 Å². The summed E-state index contributed by atoms with van der Waals surface area (Å²) in [6, 6.07) is 16.2. The highest BCUT2D eigenvalue weighted by atomic mass is 32.1. The maximum absolute atomic E-state index is 13.1. The Balaban J connectivity index is 1.78. The molecule has 3 rings (SSSR count). The Morgan fingerprint density at radius 3 is 2.48 bits per heavy atom. The van der Waals surface area contributed by atoms with Crippen LogP contribution >= 0.6 is 12.2 Å². The van der Waals surface area contributed by atoms with Crippen molar-refractivity contribution in [3.05, 3.63) is 60.2 Å². The Morgan fingerprint density at radius 1 is 1.17 bits per heavy atom. The number of nitrogens with zero attached hydrogens (tertiary/aromatic N) is 2. The van der Waals surface area contributed by atoms with Crippen molar-refractivity contribution in [2.75, 3.05) is 25.1 Å². The van der Waals surface area contributed by atoms with Gasteiger partial charge in [-0.2, -0.15) is 0 Å². The number of anilines is 1. The van der Waals surface area contributed by atoms with E-state index in [1.54, 1.807) is 19.2 Å². The molecular formula is C22H25N3O3S. The van der Waals surface area contributed by atoms with E-state index in [2.05, 4.69) is 5.32 Å². The molecule has 29 heavy (non-hydrogen) atoms. The van der Waals surface area contributed by atoms with Crippen LogP contribution in [0.15, 0.2) is 54.6 Å². The quantitative estimate of drug-likeness (QED) is 0.558. The summed E-state index contributed by atoms with van der Waals surface area (Å²) >= 11 is 5.53. The number of hydrogen-bond donors (Lipinski definition) is 1. The second-order valence-corrected chi connectivity index (χ2v) is 7.14. The molecule has 0 spiro atoms. The predicted molar refractivity (Wildman–Crippen MR) is 117 cm³/mol. The lowest BCUT2D eigenvalue weighted by molar-refractivity contribution is -0.122. The monoisotopic (exact) mass is 411 g/mol. The van der Waals surface area contributed by atoms with Gasteiger partial charge in [0.15, 0.2) is 5.11 Å². The van der Waals surface area contributed by atoms with Gasteiger partial charge in [0.1, 0.15) is 11.8 Å². The van der Waals surface area contributed by atoms with Crippen LogP contribution in [0.1, 0.15) is 18.9 Å². The van der Waals surface area contributed by atoms with E-state index in [-0.39, 0.29) is 18.2 Å². The van der Waals surface area contributed by atoms with Crippen LogP contribution in [-0.2, 0) is 16.0 Å². The van der Waals surface area contributed by atoms with Gasteiger partial charge in [-0.15, -0.1) is 0 Å². The average molecular weight is 412 g/mol. The number of carbonyl (C=O) groups excluding carboxylic acids is 2. The number of amides is 2. The van der Waals surface area contributed by atoms with Gasteiger partial charge in [-0.05, 0) is 55.4 Å². The Labute approximate surface area is 176 Å². The Kier molecular flexibility index (Phi) is 6.82. The first-order valence-electron chi connectivity index (χ1n) is 9.64. The van der Waals surface area contributed by atoms with Crippen molar-refractivity contribution in [3.63, 3.8) is 0 Å². The summed E-state index contributed by atoms with van der Waals surface area (Å²) in [6.07, 6.45) is 0.806. The minimum Gasteiger partial charge on any atom is -0.497 e. The van der Waals surface area contributed by atoms with Gasteiger partial charge in [-0.3, -0.25) is 9.59 Å². The van der Waals surface area contributed by atoms with Crippen molar-refractivity contribution in [1.82, 2.24) is 10.2 Å². The second-order valence-electron chi connectivity index (χ2n) is 6.75. The van der Waals surface area contributed by atoms with Crippen LogP contribution in [0.25, 0.3) is 0 Å². The van der Waals surface area contributed by atoms with Crippen LogP contribution in [0.2, 0.25) is 0 Å². The fourth-order valence-corrected chi connectivity index (χ4v) is 3.76. The summed E-state index contributed by atoms with van der Waals surface area (Å²) in [4.78, 5) is 28.8. The third kappa shape index (κ3) is 4.74. The van der Waals surface area contributed by atoms with Gasteiger partial charge >= 0.3 is 0 Å². The molecule has 2 aromatic rings. The number of imide groups is 1. The number of carbonyl (C=O) groups is 2. The molecule has 152 valence electrons. The van der Waals surface area contributed by atoms with E-state index in [9.17, 15) is 9.59 Å². The highest BCUT2D eigenvalue weighted by Crippen LogP contribution is 2.26. The van der Waals surface area contributed by atoms with Gasteiger partial charge in [-0.1, -0.05) is 30.3 Å². The normalized spacial score (nSPS) is 16.1. The third-order valence-electron chi connectivity index (χ3n) is 4.90. The molecule has 1 aliphatic heterocycles. The number of para-hydroxylation sites is 1. The van der Waals surface area contributed by atoms with Crippen molar-refractivity contribution in [1.29, 1.82) is 0 Å². The van der Waals surface area contributed by atoms with E-state index in [1.165, 1.54) is 4.90 Å². The lowest BCUT2D eigenvalue weighted by Crippen LogP contribution is -2.50. The van der Waals surface area contributed by atoms with E-state index in [0.717, 1.165) is 11.3 Å². The van der Waals surface area contributed by atoms with Gasteiger partial charge in [0.05, 0.1) is 19.2 Å². The summed E-state index contributed by atoms with van der Waals surface area (Å²) in [7, 11) is 1.63. The van der Waals surface area contributed by atoms with Crippen molar-refractivity contribution in [3.8, 4) is 5.75 Å². The van der Waals surface area contributed by atoms with Gasteiger partial charge in [0.2, 0.25) is 5.91 Å². The second kappa shape index (κ2) is 9.52. The fraction of sp³-hybridized carbons (Fsp3) is 0.318. The lowest BCUT2D eigenvalue weighted by atomic mass is 10.1. The van der Waals surface area contributed by atoms with Crippen LogP contribution in [0.4, 0.5) is 5.69 Å². The summed E-state index contributed by atoms with van der Waals surface area (Å²) in [5.41, 5.74) is 1.70. The van der Waals surface area contributed by atoms with Gasteiger partial charge in [0, 0.05) is 13.1 Å². The van der Waals surface area contributed by atoms with Crippen molar-refractivity contribution >= 4 is 34.8 Å². The minimum atomic E-state index is -0.604. The number of ether oxygens (including phenoxy) is 1. The highest BCUT2D eigenvalue weighted by Gasteiger charge is 2.43. The molecule has 1 N–H and O–H groups in total. The highest BCUT2D eigenvalue weighted by molar-refractivity contribution is 7.80. The van der Waals surface area contributed by atoms with Crippen LogP contribution in [0.5, 0.6) is 5.75 Å². The molecule has 0 aliphatic carbocycles. The van der Waals surface area contributed by atoms with Gasteiger partial charge in [0.25, 0.3) is 5.91 Å². The summed E-state index contributed by atoms with van der Waals surface area (Å²) in [5.74, 6) is 0.347. The van der Waals surface area contributed by atoms with Crippen LogP contribution in [0, 0.1) is 0 Å². The minimum absolute atomic E-state index is 0.113. The van der Waals surface area contributed by atoms with Crippen LogP contribution in [0.3, 0.4) is 0 Å². The Morgan fingerprint density at radius 2 is 1.86 bits per heavy atom. The molecule has 1 unspecified atom stereocenters. The zero-order valence-electron chi connectivity index (χ0n) is 16.6. The molecule has 0 saturated carbocycles. The molecule has 1 heterocycles. The predicted octanol–water partition coefficient (Wildman–Crippen LogP) is 2.77. The van der Waals surface area contributed by atoms with Gasteiger partial charge < -0.3 is 15.0 Å². The maximum atomic E-state index is 13.1. The van der Waals surface area contributed by atoms with E-state index >= 15 is 0 Å². The largest absolute Gasteiger partial charge is 0.497 e. The lowest BCUT2D eigenvalue weighted by Gasteiger charge is -2.30. The first kappa shape index (κ1) is 20.8. The molecule has 0 radical (unpaired) electrons. The number of hydrogen-bond acceptors (Lipinski definition) is 4. The molecule has 6 nitrogen and oxygen atoms in total. The molecular weight excluding hydrogens is 386 g/mol. The number of nitrogens with one attached hydrogen (secondary N) is 1. The number of methoxy groups -OCH3 is 1. The van der Waals surface area contributed by atoms with E-state index in [0.29, 0.717) is 30.3 Å². The first-order chi connectivity index (χ1) is 14.0. The molecule has 7 heteroatoms. The first-order valence-corrected chi connectivity index (χ1v) is 10.0. The zero-order valence-corrected chi connectivity index (χ0v) is 17.4. The van der Waals surface area contributed by atoms with Crippen LogP contribution < -0.4 is 15.0 Å². The molecule has 2 amide bonds. The Bertz CT molecular complexity index is 871. The Hall–Kier alpha value is -2.93. The van der Waals surface area contributed by atoms with Crippen molar-refractivity contribution < 1.29 is 14.3 Å². The zero-order chi connectivity index (χ0) is 20.8. The maximum Gasteiger partial charge on any atom is 0.257 e.